The molecule has 0 aliphatic heterocycles. The predicted octanol–water partition coefficient (Wildman–Crippen LogP) is 2.67. The highest BCUT2D eigenvalue weighted by atomic mass is 35.5. The number of rotatable bonds is 3. The van der Waals surface area contributed by atoms with Crippen LogP contribution >= 0.6 is 11.6 Å². The highest BCUT2D eigenvalue weighted by molar-refractivity contribution is 6.33. The van der Waals surface area contributed by atoms with Crippen molar-refractivity contribution < 1.29 is 9.53 Å². The number of nitrogens with zero attached hydrogens (tertiary/aromatic N) is 1. The Morgan fingerprint density at radius 3 is 2.83 bits per heavy atom. The summed E-state index contributed by atoms with van der Waals surface area (Å²) in [6.45, 7) is 0.127. The summed E-state index contributed by atoms with van der Waals surface area (Å²) in [5, 5.41) is 0.413. The fourth-order valence-electron chi connectivity index (χ4n) is 1.38. The standard InChI is InChI=1S/C13H11ClN2O2/c14-11-5-4-9(7-12(11)15)13(17)18-8-10-3-1-2-6-16-10/h1-7H,8,15H2. The molecule has 0 saturated heterocycles. The van der Waals surface area contributed by atoms with Crippen LogP contribution in [0.15, 0.2) is 42.6 Å². The molecule has 0 saturated carbocycles. The van der Waals surface area contributed by atoms with Crippen LogP contribution < -0.4 is 5.73 Å². The third kappa shape index (κ3) is 2.99. The van der Waals surface area contributed by atoms with Crippen LogP contribution in [0.1, 0.15) is 16.1 Å². The first-order valence-electron chi connectivity index (χ1n) is 5.29. The van der Waals surface area contributed by atoms with Crippen LogP contribution in [-0.2, 0) is 11.3 Å². The van der Waals surface area contributed by atoms with E-state index in [9.17, 15) is 4.79 Å². The Hall–Kier alpha value is -2.07. The number of carbonyl (C=O) groups is 1. The average molecular weight is 263 g/mol. The summed E-state index contributed by atoms with van der Waals surface area (Å²) >= 11 is 5.77. The first-order valence-corrected chi connectivity index (χ1v) is 5.66. The van der Waals surface area contributed by atoms with Gasteiger partial charge in [-0.1, -0.05) is 17.7 Å². The second-order valence-electron chi connectivity index (χ2n) is 3.63. The first kappa shape index (κ1) is 12.4. The Morgan fingerprint density at radius 2 is 2.17 bits per heavy atom. The van der Waals surface area contributed by atoms with Crippen LogP contribution in [0, 0.1) is 0 Å². The topological polar surface area (TPSA) is 65.2 Å². The molecule has 2 rings (SSSR count). The quantitative estimate of drug-likeness (QED) is 0.682. The Bertz CT molecular complexity index is 558. The summed E-state index contributed by atoms with van der Waals surface area (Å²) in [5.41, 5.74) is 7.02. The third-order valence-corrected chi connectivity index (χ3v) is 2.65. The SMILES string of the molecule is Nc1cc(C(=O)OCc2ccccn2)ccc1Cl. The van der Waals surface area contributed by atoms with Gasteiger partial charge in [-0.2, -0.15) is 0 Å². The van der Waals surface area contributed by atoms with Crippen molar-refractivity contribution in [1.29, 1.82) is 0 Å². The Labute approximate surface area is 109 Å². The molecule has 1 aromatic carbocycles. The molecule has 2 N–H and O–H groups in total. The van der Waals surface area contributed by atoms with Gasteiger partial charge in [0, 0.05) is 6.20 Å². The number of benzene rings is 1. The average Bonchev–Trinajstić information content (AvgIpc) is 2.40. The molecule has 0 atom stereocenters. The van der Waals surface area contributed by atoms with E-state index in [-0.39, 0.29) is 6.61 Å². The number of hydrogen-bond donors (Lipinski definition) is 1. The van der Waals surface area contributed by atoms with Crippen molar-refractivity contribution in [3.8, 4) is 0 Å². The third-order valence-electron chi connectivity index (χ3n) is 2.31. The summed E-state index contributed by atoms with van der Waals surface area (Å²) < 4.78 is 5.11. The van der Waals surface area contributed by atoms with Crippen LogP contribution in [0.4, 0.5) is 5.69 Å². The maximum atomic E-state index is 11.7. The zero-order chi connectivity index (χ0) is 13.0. The highest BCUT2D eigenvalue weighted by Gasteiger charge is 2.09. The molecule has 18 heavy (non-hydrogen) atoms. The number of esters is 1. The summed E-state index contributed by atoms with van der Waals surface area (Å²) in [5.74, 6) is -0.455. The lowest BCUT2D eigenvalue weighted by molar-refractivity contribution is 0.0468. The van der Waals surface area contributed by atoms with Gasteiger partial charge in [0.2, 0.25) is 0 Å². The molecular weight excluding hydrogens is 252 g/mol. The molecule has 1 aromatic heterocycles. The van der Waals surface area contributed by atoms with Crippen molar-refractivity contribution in [2.24, 2.45) is 0 Å². The van der Waals surface area contributed by atoms with Gasteiger partial charge in [0.25, 0.3) is 0 Å². The van der Waals surface area contributed by atoms with Crippen LogP contribution in [0.2, 0.25) is 5.02 Å². The molecule has 0 spiro atoms. The maximum Gasteiger partial charge on any atom is 0.338 e. The van der Waals surface area contributed by atoms with Crippen LogP contribution in [0.3, 0.4) is 0 Å². The zero-order valence-corrected chi connectivity index (χ0v) is 10.2. The van der Waals surface area contributed by atoms with Gasteiger partial charge in [-0.15, -0.1) is 0 Å². The summed E-state index contributed by atoms with van der Waals surface area (Å²) in [6, 6.07) is 10.0. The summed E-state index contributed by atoms with van der Waals surface area (Å²) in [6.07, 6.45) is 1.64. The number of halogens is 1. The lowest BCUT2D eigenvalue weighted by Crippen LogP contribution is -2.06. The van der Waals surface area contributed by atoms with Crippen molar-refractivity contribution in [2.45, 2.75) is 6.61 Å². The number of ether oxygens (including phenoxy) is 1. The minimum absolute atomic E-state index is 0.127. The number of nitrogens with two attached hydrogens (primary N) is 1. The van der Waals surface area contributed by atoms with Crippen LogP contribution in [-0.4, -0.2) is 11.0 Å². The lowest BCUT2D eigenvalue weighted by atomic mass is 10.2. The fraction of sp³-hybridized carbons (Fsp3) is 0.0769. The number of pyridine rings is 1. The first-order chi connectivity index (χ1) is 8.66. The second kappa shape index (κ2) is 5.51. The number of anilines is 1. The van der Waals surface area contributed by atoms with E-state index in [1.54, 1.807) is 30.5 Å². The second-order valence-corrected chi connectivity index (χ2v) is 4.04. The van der Waals surface area contributed by atoms with Gasteiger partial charge in [0.05, 0.1) is 22.0 Å². The molecule has 5 heteroatoms. The number of aromatic nitrogens is 1. The number of nitrogen functional groups attached to an aromatic ring is 1. The molecule has 0 unspecified atom stereocenters. The van der Waals surface area contributed by atoms with Crippen molar-refractivity contribution in [2.75, 3.05) is 5.73 Å². The van der Waals surface area contributed by atoms with Crippen molar-refractivity contribution in [3.63, 3.8) is 0 Å². The van der Waals surface area contributed by atoms with E-state index < -0.39 is 5.97 Å². The van der Waals surface area contributed by atoms with Gasteiger partial charge in [-0.3, -0.25) is 4.98 Å². The monoisotopic (exact) mass is 262 g/mol. The molecule has 2 aromatic rings. The Morgan fingerprint density at radius 1 is 1.33 bits per heavy atom. The minimum atomic E-state index is -0.455. The van der Waals surface area contributed by atoms with Gasteiger partial charge in [-0.25, -0.2) is 4.79 Å². The largest absolute Gasteiger partial charge is 0.456 e. The molecular formula is C13H11ClN2O2. The molecule has 0 amide bonds. The van der Waals surface area contributed by atoms with Gasteiger partial charge >= 0.3 is 5.97 Å². The van der Waals surface area contributed by atoms with Crippen molar-refractivity contribution in [3.05, 3.63) is 58.9 Å². The minimum Gasteiger partial charge on any atom is -0.456 e. The van der Waals surface area contributed by atoms with Gasteiger partial charge in [0.15, 0.2) is 0 Å². The van der Waals surface area contributed by atoms with E-state index in [2.05, 4.69) is 4.98 Å². The van der Waals surface area contributed by atoms with Gasteiger partial charge in [0.1, 0.15) is 6.61 Å². The fourth-order valence-corrected chi connectivity index (χ4v) is 1.49. The molecule has 92 valence electrons. The normalized spacial score (nSPS) is 10.1. The van der Waals surface area contributed by atoms with E-state index in [0.29, 0.717) is 22.0 Å². The molecule has 0 bridgehead atoms. The molecule has 1 heterocycles. The lowest BCUT2D eigenvalue weighted by Gasteiger charge is -2.05. The summed E-state index contributed by atoms with van der Waals surface area (Å²) in [4.78, 5) is 15.8. The zero-order valence-electron chi connectivity index (χ0n) is 9.47. The smallest absolute Gasteiger partial charge is 0.338 e. The number of carbonyl (C=O) groups excluding carboxylic acids is 1. The van der Waals surface area contributed by atoms with E-state index in [4.69, 9.17) is 22.1 Å². The van der Waals surface area contributed by atoms with Crippen LogP contribution in [0.5, 0.6) is 0 Å². The molecule has 0 fully saturated rings. The predicted molar refractivity (Wildman–Crippen MR) is 69.2 cm³/mol. The number of hydrogen-bond acceptors (Lipinski definition) is 4. The van der Waals surface area contributed by atoms with E-state index >= 15 is 0 Å². The molecule has 0 aliphatic carbocycles. The molecule has 0 radical (unpaired) electrons. The Kier molecular flexibility index (Phi) is 3.79. The molecule has 4 nitrogen and oxygen atoms in total. The van der Waals surface area contributed by atoms with Crippen LogP contribution in [0.25, 0.3) is 0 Å². The van der Waals surface area contributed by atoms with Gasteiger partial charge in [-0.05, 0) is 30.3 Å². The van der Waals surface area contributed by atoms with E-state index in [1.165, 1.54) is 6.07 Å². The van der Waals surface area contributed by atoms with Gasteiger partial charge < -0.3 is 10.5 Å². The maximum absolute atomic E-state index is 11.7. The van der Waals surface area contributed by atoms with Crippen molar-refractivity contribution in [1.82, 2.24) is 4.98 Å². The van der Waals surface area contributed by atoms with Crippen molar-refractivity contribution >= 4 is 23.3 Å². The Balaban J connectivity index is 2.02. The molecule has 0 aliphatic rings. The van der Waals surface area contributed by atoms with E-state index in [1.807, 2.05) is 6.07 Å². The highest BCUT2D eigenvalue weighted by Crippen LogP contribution is 2.20. The van der Waals surface area contributed by atoms with E-state index in [0.717, 1.165) is 0 Å². The summed E-state index contributed by atoms with van der Waals surface area (Å²) in [7, 11) is 0.